The standard InChI is InChI=1S/C20H25N7O2/c28-13-3-1-2-12(8-13)27-17-14(20(4-5-20)18(27)29)9-22-19(25-17)24-15-10-23-26-7-6-21-11-16(15)26/h9-10,12-13,21,28H,1-8,11H2,(H,22,24,25)/t12-,13-/m1/s1. The molecule has 2 aliphatic heterocycles. The van der Waals surface area contributed by atoms with Gasteiger partial charge in [-0.05, 0) is 38.5 Å². The maximum Gasteiger partial charge on any atom is 0.239 e. The number of anilines is 3. The van der Waals surface area contributed by atoms with Crippen molar-refractivity contribution in [3.05, 3.63) is 23.7 Å². The smallest absolute Gasteiger partial charge is 0.239 e. The number of nitrogens with one attached hydrogen (secondary N) is 2. The van der Waals surface area contributed by atoms with E-state index in [-0.39, 0.29) is 18.1 Å². The van der Waals surface area contributed by atoms with E-state index >= 15 is 0 Å². The molecule has 1 spiro atoms. The monoisotopic (exact) mass is 395 g/mol. The van der Waals surface area contributed by atoms with E-state index in [4.69, 9.17) is 4.98 Å². The van der Waals surface area contributed by atoms with Gasteiger partial charge in [0.1, 0.15) is 5.82 Å². The second-order valence-electron chi connectivity index (χ2n) is 8.69. The average Bonchev–Trinajstić information content (AvgIpc) is 3.38. The van der Waals surface area contributed by atoms with Crippen LogP contribution in [0.15, 0.2) is 12.4 Å². The first-order valence-electron chi connectivity index (χ1n) is 10.6. The Hall–Kier alpha value is -2.52. The predicted octanol–water partition coefficient (Wildman–Crippen LogP) is 1.20. The van der Waals surface area contributed by atoms with E-state index in [0.717, 1.165) is 74.5 Å². The molecule has 152 valence electrons. The first kappa shape index (κ1) is 17.3. The van der Waals surface area contributed by atoms with Gasteiger partial charge < -0.3 is 15.7 Å². The van der Waals surface area contributed by atoms with Crippen LogP contribution in [-0.4, -0.2) is 49.5 Å². The summed E-state index contributed by atoms with van der Waals surface area (Å²) in [6.07, 6.45) is 8.30. The van der Waals surface area contributed by atoms with Crippen LogP contribution in [0.1, 0.15) is 49.8 Å². The number of aromatic nitrogens is 4. The minimum Gasteiger partial charge on any atom is -0.393 e. The number of rotatable bonds is 3. The van der Waals surface area contributed by atoms with Gasteiger partial charge in [0.15, 0.2) is 0 Å². The zero-order valence-electron chi connectivity index (χ0n) is 16.3. The van der Waals surface area contributed by atoms with E-state index in [1.807, 2.05) is 22.0 Å². The number of carbonyl (C=O) groups excluding carboxylic acids is 1. The average molecular weight is 395 g/mol. The van der Waals surface area contributed by atoms with Gasteiger partial charge in [0.25, 0.3) is 0 Å². The molecular weight excluding hydrogens is 370 g/mol. The van der Waals surface area contributed by atoms with Crippen LogP contribution in [0.2, 0.25) is 0 Å². The Kier molecular flexibility index (Phi) is 3.73. The highest BCUT2D eigenvalue weighted by molar-refractivity contribution is 6.09. The van der Waals surface area contributed by atoms with Crippen LogP contribution in [0.3, 0.4) is 0 Å². The van der Waals surface area contributed by atoms with E-state index in [1.165, 1.54) is 0 Å². The molecule has 6 rings (SSSR count). The van der Waals surface area contributed by atoms with Gasteiger partial charge in [0.05, 0.1) is 35.6 Å². The molecule has 4 aliphatic rings. The molecule has 0 aromatic carbocycles. The lowest BCUT2D eigenvalue weighted by Crippen LogP contribution is -2.44. The molecule has 2 fully saturated rings. The Morgan fingerprint density at radius 3 is 3.00 bits per heavy atom. The molecular formula is C20H25N7O2. The van der Waals surface area contributed by atoms with Gasteiger partial charge in [-0.1, -0.05) is 0 Å². The number of aliphatic hydroxyl groups excluding tert-OH is 1. The molecule has 1 amide bonds. The first-order valence-corrected chi connectivity index (χ1v) is 10.6. The molecule has 0 radical (unpaired) electrons. The van der Waals surface area contributed by atoms with Crippen molar-refractivity contribution in [2.75, 3.05) is 16.8 Å². The van der Waals surface area contributed by atoms with Gasteiger partial charge in [0, 0.05) is 30.9 Å². The Morgan fingerprint density at radius 1 is 1.28 bits per heavy atom. The lowest BCUT2D eigenvalue weighted by Gasteiger charge is -2.33. The highest BCUT2D eigenvalue weighted by Gasteiger charge is 2.61. The third kappa shape index (κ3) is 2.60. The van der Waals surface area contributed by atoms with E-state index in [0.29, 0.717) is 12.4 Å². The van der Waals surface area contributed by atoms with Crippen LogP contribution in [0.4, 0.5) is 17.5 Å². The van der Waals surface area contributed by atoms with Crippen LogP contribution < -0.4 is 15.5 Å². The second-order valence-corrected chi connectivity index (χ2v) is 8.69. The minimum absolute atomic E-state index is 0.0147. The third-order valence-corrected chi connectivity index (χ3v) is 6.86. The fourth-order valence-corrected chi connectivity index (χ4v) is 5.12. The minimum atomic E-state index is -0.420. The molecule has 9 heteroatoms. The summed E-state index contributed by atoms with van der Waals surface area (Å²) in [6, 6.07) is 0.0147. The zero-order valence-corrected chi connectivity index (χ0v) is 16.3. The number of hydrogen-bond donors (Lipinski definition) is 3. The molecule has 4 heterocycles. The normalized spacial score (nSPS) is 27.1. The largest absolute Gasteiger partial charge is 0.393 e. The predicted molar refractivity (Wildman–Crippen MR) is 106 cm³/mol. The Balaban J connectivity index is 1.35. The fraction of sp³-hybridized carbons (Fsp3) is 0.600. The summed E-state index contributed by atoms with van der Waals surface area (Å²) < 4.78 is 1.99. The number of nitrogens with zero attached hydrogens (tertiary/aromatic N) is 5. The summed E-state index contributed by atoms with van der Waals surface area (Å²) in [5, 5.41) is 21.3. The van der Waals surface area contributed by atoms with Crippen LogP contribution in [0, 0.1) is 0 Å². The van der Waals surface area contributed by atoms with Gasteiger partial charge in [-0.15, -0.1) is 0 Å². The lowest BCUT2D eigenvalue weighted by atomic mass is 9.92. The molecule has 0 bridgehead atoms. The summed E-state index contributed by atoms with van der Waals surface area (Å²) >= 11 is 0. The van der Waals surface area contributed by atoms with Gasteiger partial charge in [-0.3, -0.25) is 14.4 Å². The zero-order chi connectivity index (χ0) is 19.6. The van der Waals surface area contributed by atoms with E-state index < -0.39 is 5.41 Å². The highest BCUT2D eigenvalue weighted by Crippen LogP contribution is 2.57. The second kappa shape index (κ2) is 6.24. The summed E-state index contributed by atoms with van der Waals surface area (Å²) in [5.41, 5.74) is 2.51. The molecule has 3 N–H and O–H groups in total. The number of hydrogen-bond acceptors (Lipinski definition) is 7. The Labute approximate surface area is 168 Å². The Morgan fingerprint density at radius 2 is 2.17 bits per heavy atom. The van der Waals surface area contributed by atoms with Gasteiger partial charge in [0.2, 0.25) is 11.9 Å². The van der Waals surface area contributed by atoms with Crippen molar-refractivity contribution in [3.63, 3.8) is 0 Å². The van der Waals surface area contributed by atoms with Crippen molar-refractivity contribution >= 4 is 23.4 Å². The summed E-state index contributed by atoms with van der Waals surface area (Å²) in [5.74, 6) is 1.35. The number of carbonyl (C=O) groups is 1. The van der Waals surface area contributed by atoms with Crippen LogP contribution in [0.25, 0.3) is 0 Å². The quantitative estimate of drug-likeness (QED) is 0.717. The summed E-state index contributed by atoms with van der Waals surface area (Å²) in [4.78, 5) is 24.5. The summed E-state index contributed by atoms with van der Waals surface area (Å²) in [6.45, 7) is 2.51. The molecule has 9 nitrogen and oxygen atoms in total. The maximum absolute atomic E-state index is 13.3. The SMILES string of the molecule is O=C1N([C@@H]2CCC[C@@H](O)C2)c2nc(Nc3cnn4c3CNCC4)ncc2C12CC2. The molecule has 29 heavy (non-hydrogen) atoms. The van der Waals surface area contributed by atoms with Crippen LogP contribution >= 0.6 is 0 Å². The van der Waals surface area contributed by atoms with Crippen molar-refractivity contribution in [1.29, 1.82) is 0 Å². The van der Waals surface area contributed by atoms with Crippen molar-refractivity contribution in [1.82, 2.24) is 25.1 Å². The van der Waals surface area contributed by atoms with E-state index in [1.54, 1.807) is 0 Å². The molecule has 0 unspecified atom stereocenters. The van der Waals surface area contributed by atoms with Crippen molar-refractivity contribution in [2.24, 2.45) is 0 Å². The fourth-order valence-electron chi connectivity index (χ4n) is 5.12. The number of fused-ring (bicyclic) bond motifs is 3. The van der Waals surface area contributed by atoms with Crippen LogP contribution in [0.5, 0.6) is 0 Å². The van der Waals surface area contributed by atoms with Gasteiger partial charge >= 0.3 is 0 Å². The maximum atomic E-state index is 13.3. The molecule has 2 atom stereocenters. The van der Waals surface area contributed by atoms with Gasteiger partial charge in [-0.2, -0.15) is 10.1 Å². The molecule has 2 aromatic rings. The lowest BCUT2D eigenvalue weighted by molar-refractivity contribution is -0.121. The number of aliphatic hydroxyl groups is 1. The third-order valence-electron chi connectivity index (χ3n) is 6.86. The van der Waals surface area contributed by atoms with Crippen molar-refractivity contribution in [3.8, 4) is 0 Å². The number of amides is 1. The molecule has 2 saturated carbocycles. The highest BCUT2D eigenvalue weighted by atomic mass is 16.3. The van der Waals surface area contributed by atoms with Crippen molar-refractivity contribution in [2.45, 2.75) is 69.2 Å². The summed E-state index contributed by atoms with van der Waals surface area (Å²) in [7, 11) is 0. The first-order chi connectivity index (χ1) is 14.2. The topological polar surface area (TPSA) is 108 Å². The Bertz CT molecular complexity index is 983. The molecule has 0 saturated heterocycles. The molecule has 2 aromatic heterocycles. The van der Waals surface area contributed by atoms with E-state index in [9.17, 15) is 9.90 Å². The van der Waals surface area contributed by atoms with Gasteiger partial charge in [-0.25, -0.2) is 4.98 Å². The van der Waals surface area contributed by atoms with Crippen LogP contribution in [-0.2, 0) is 23.3 Å². The van der Waals surface area contributed by atoms with E-state index in [2.05, 4.69) is 20.7 Å². The van der Waals surface area contributed by atoms with Crippen molar-refractivity contribution < 1.29 is 9.90 Å². The molecule has 2 aliphatic carbocycles.